The molecule has 4 nitrogen and oxygen atoms in total. The van der Waals surface area contributed by atoms with Gasteiger partial charge in [0.15, 0.2) is 0 Å². The maximum absolute atomic E-state index is 9.95. The quantitative estimate of drug-likeness (QED) is 0.564. The zero-order valence-corrected chi connectivity index (χ0v) is 5.37. The summed E-state index contributed by atoms with van der Waals surface area (Å²) in [5, 5.41) is 8.15. The van der Waals surface area contributed by atoms with Crippen molar-refractivity contribution in [2.75, 3.05) is 6.61 Å². The van der Waals surface area contributed by atoms with Crippen molar-refractivity contribution in [3.63, 3.8) is 0 Å². The lowest BCUT2D eigenvalue weighted by Gasteiger charge is -2.10. The van der Waals surface area contributed by atoms with Gasteiger partial charge in [0.2, 0.25) is 0 Å². The van der Waals surface area contributed by atoms with E-state index >= 15 is 0 Å². The van der Waals surface area contributed by atoms with Crippen LogP contribution in [-0.4, -0.2) is 17.9 Å². The topological polar surface area (TPSA) is 55.8 Å². The summed E-state index contributed by atoms with van der Waals surface area (Å²) in [6, 6.07) is 0. The van der Waals surface area contributed by atoms with E-state index in [-0.39, 0.29) is 0 Å². The zero-order chi connectivity index (χ0) is 7.40. The molecule has 0 saturated heterocycles. The van der Waals surface area contributed by atoms with Crippen molar-refractivity contribution in [1.82, 2.24) is 0 Å². The van der Waals surface area contributed by atoms with Crippen molar-refractivity contribution in [2.45, 2.75) is 12.8 Å². The van der Waals surface area contributed by atoms with Crippen molar-refractivity contribution < 1.29 is 19.4 Å². The number of rotatable bonds is 1. The van der Waals surface area contributed by atoms with Crippen molar-refractivity contribution in [3.8, 4) is 0 Å². The van der Waals surface area contributed by atoms with Gasteiger partial charge in [0, 0.05) is 6.42 Å². The normalized spacial score (nSPS) is 17.0. The van der Waals surface area contributed by atoms with Crippen LogP contribution >= 0.6 is 0 Å². The molecule has 0 atom stereocenters. The summed E-state index contributed by atoms with van der Waals surface area (Å²) in [4.78, 5) is 9.95. The first-order chi connectivity index (χ1) is 4.79. The van der Waals surface area contributed by atoms with Gasteiger partial charge in [-0.05, 0) is 6.42 Å². The largest absolute Gasteiger partial charge is 0.511 e. The van der Waals surface area contributed by atoms with Crippen LogP contribution in [0.4, 0.5) is 4.79 Å². The molecule has 1 rings (SSSR count). The fourth-order valence-corrected chi connectivity index (χ4v) is 0.728. The smallest absolute Gasteiger partial charge is 0.498 e. The van der Waals surface area contributed by atoms with Crippen LogP contribution in [0.2, 0.25) is 0 Å². The lowest BCUT2D eigenvalue weighted by Crippen LogP contribution is -2.06. The van der Waals surface area contributed by atoms with Gasteiger partial charge < -0.3 is 14.6 Å². The second-order valence-electron chi connectivity index (χ2n) is 1.93. The molecule has 1 heterocycles. The maximum atomic E-state index is 9.95. The molecule has 0 aliphatic carbocycles. The molecule has 4 heteroatoms. The van der Waals surface area contributed by atoms with Gasteiger partial charge in [-0.2, -0.15) is 0 Å². The van der Waals surface area contributed by atoms with Crippen molar-refractivity contribution in [1.29, 1.82) is 0 Å². The van der Waals surface area contributed by atoms with E-state index in [1.54, 1.807) is 0 Å². The Morgan fingerprint density at radius 2 is 2.60 bits per heavy atom. The fourth-order valence-electron chi connectivity index (χ4n) is 0.728. The second-order valence-corrected chi connectivity index (χ2v) is 1.93. The van der Waals surface area contributed by atoms with Crippen LogP contribution < -0.4 is 0 Å². The van der Waals surface area contributed by atoms with Crippen LogP contribution in [-0.2, 0) is 9.47 Å². The van der Waals surface area contributed by atoms with Crippen molar-refractivity contribution in [2.24, 2.45) is 0 Å². The molecule has 0 aromatic rings. The number of hydrogen-bond acceptors (Lipinski definition) is 3. The van der Waals surface area contributed by atoms with E-state index in [1.165, 1.54) is 6.26 Å². The highest BCUT2D eigenvalue weighted by molar-refractivity contribution is 5.58. The van der Waals surface area contributed by atoms with Gasteiger partial charge >= 0.3 is 6.16 Å². The summed E-state index contributed by atoms with van der Waals surface area (Å²) >= 11 is 0. The number of ether oxygens (including phenoxy) is 2. The van der Waals surface area contributed by atoms with E-state index in [2.05, 4.69) is 4.74 Å². The van der Waals surface area contributed by atoms with Gasteiger partial charge in [0.05, 0.1) is 6.61 Å². The zero-order valence-electron chi connectivity index (χ0n) is 5.37. The number of hydrogen-bond donors (Lipinski definition) is 1. The summed E-state index contributed by atoms with van der Waals surface area (Å²) in [7, 11) is 0. The molecule has 1 N–H and O–H groups in total. The van der Waals surface area contributed by atoms with Gasteiger partial charge in [0.25, 0.3) is 0 Å². The summed E-state index contributed by atoms with van der Waals surface area (Å²) in [6.45, 7) is 0.645. The highest BCUT2D eigenvalue weighted by Gasteiger charge is 2.08. The average molecular weight is 144 g/mol. The summed E-state index contributed by atoms with van der Waals surface area (Å²) in [5.41, 5.74) is 0. The SMILES string of the molecule is O=C(O)OC1=COCCC1. The van der Waals surface area contributed by atoms with Crippen molar-refractivity contribution >= 4 is 6.16 Å². The Labute approximate surface area is 58.1 Å². The summed E-state index contributed by atoms with van der Waals surface area (Å²) < 4.78 is 9.18. The Morgan fingerprint density at radius 3 is 3.10 bits per heavy atom. The van der Waals surface area contributed by atoms with E-state index in [4.69, 9.17) is 9.84 Å². The van der Waals surface area contributed by atoms with E-state index in [0.717, 1.165) is 6.42 Å². The Kier molecular flexibility index (Phi) is 2.15. The number of carbonyl (C=O) groups is 1. The lowest BCUT2D eigenvalue weighted by atomic mass is 10.2. The molecule has 10 heavy (non-hydrogen) atoms. The van der Waals surface area contributed by atoms with E-state index in [0.29, 0.717) is 18.8 Å². The Bertz CT molecular complexity index is 161. The fraction of sp³-hybridized carbons (Fsp3) is 0.500. The van der Waals surface area contributed by atoms with Gasteiger partial charge in [-0.3, -0.25) is 0 Å². The van der Waals surface area contributed by atoms with Crippen LogP contribution in [0, 0.1) is 0 Å². The molecule has 0 spiro atoms. The highest BCUT2D eigenvalue weighted by Crippen LogP contribution is 2.12. The molecule has 1 aliphatic heterocycles. The van der Waals surface area contributed by atoms with Crippen LogP contribution in [0.25, 0.3) is 0 Å². The third kappa shape index (κ3) is 1.97. The molecular weight excluding hydrogens is 136 g/mol. The third-order valence-corrected chi connectivity index (χ3v) is 1.12. The van der Waals surface area contributed by atoms with Gasteiger partial charge in [-0.15, -0.1) is 0 Å². The van der Waals surface area contributed by atoms with Crippen LogP contribution in [0.3, 0.4) is 0 Å². The van der Waals surface area contributed by atoms with E-state index < -0.39 is 6.16 Å². The summed E-state index contributed by atoms with van der Waals surface area (Å²) in [6.07, 6.45) is 1.53. The first-order valence-electron chi connectivity index (χ1n) is 3.00. The molecule has 0 fully saturated rings. The predicted octanol–water partition coefficient (Wildman–Crippen LogP) is 1.33. The Morgan fingerprint density at radius 1 is 1.80 bits per heavy atom. The molecule has 0 aromatic carbocycles. The number of carboxylic acid groups (broad SMARTS) is 1. The first kappa shape index (κ1) is 6.92. The molecule has 0 aromatic heterocycles. The highest BCUT2D eigenvalue weighted by atomic mass is 16.7. The molecule has 0 unspecified atom stereocenters. The molecule has 56 valence electrons. The van der Waals surface area contributed by atoms with E-state index in [9.17, 15) is 4.79 Å². The lowest BCUT2D eigenvalue weighted by molar-refractivity contribution is 0.101. The van der Waals surface area contributed by atoms with Crippen LogP contribution in [0.15, 0.2) is 12.0 Å². The molecule has 0 amide bonds. The predicted molar refractivity (Wildman–Crippen MR) is 32.4 cm³/mol. The molecule has 1 aliphatic rings. The monoisotopic (exact) mass is 144 g/mol. The maximum Gasteiger partial charge on any atom is 0.511 e. The Hall–Kier alpha value is -1.19. The second kappa shape index (κ2) is 3.10. The van der Waals surface area contributed by atoms with Gasteiger partial charge in [0.1, 0.15) is 12.0 Å². The standard InChI is InChI=1S/C6H8O4/c7-6(8)10-5-2-1-3-9-4-5/h4H,1-3H2,(H,7,8). The third-order valence-electron chi connectivity index (χ3n) is 1.12. The van der Waals surface area contributed by atoms with E-state index in [1.807, 2.05) is 0 Å². The average Bonchev–Trinajstić information content (AvgIpc) is 1.88. The summed E-state index contributed by atoms with van der Waals surface area (Å²) in [5.74, 6) is 0.388. The minimum absolute atomic E-state index is 0.388. The first-order valence-corrected chi connectivity index (χ1v) is 3.00. The minimum atomic E-state index is -1.28. The molecule has 0 saturated carbocycles. The minimum Gasteiger partial charge on any atom is -0.498 e. The van der Waals surface area contributed by atoms with Gasteiger partial charge in [-0.25, -0.2) is 4.79 Å². The van der Waals surface area contributed by atoms with Gasteiger partial charge in [-0.1, -0.05) is 0 Å². The molecular formula is C6H8O4. The van der Waals surface area contributed by atoms with Crippen LogP contribution in [0.5, 0.6) is 0 Å². The Balaban J connectivity index is 2.38. The number of allylic oxidation sites excluding steroid dienone is 1. The molecule has 0 bridgehead atoms. The van der Waals surface area contributed by atoms with Crippen molar-refractivity contribution in [3.05, 3.63) is 12.0 Å². The van der Waals surface area contributed by atoms with Crippen LogP contribution in [0.1, 0.15) is 12.8 Å². The molecule has 0 radical (unpaired) electrons.